The van der Waals surface area contributed by atoms with Gasteiger partial charge in [-0.15, -0.1) is 0 Å². The van der Waals surface area contributed by atoms with E-state index >= 15 is 0 Å². The van der Waals surface area contributed by atoms with Crippen LogP contribution >= 0.6 is 0 Å². The maximum atomic E-state index is 12.4. The summed E-state index contributed by atoms with van der Waals surface area (Å²) < 4.78 is 5.95. The average molecular weight is 770 g/mol. The second kappa shape index (κ2) is 37.9. The quantitative estimate of drug-likeness (QED) is 0.0385. The molecule has 0 aliphatic carbocycles. The molecule has 0 aromatic heterocycles. The summed E-state index contributed by atoms with van der Waals surface area (Å²) in [5, 5.41) is 0. The van der Waals surface area contributed by atoms with Gasteiger partial charge in [0.05, 0.1) is 6.54 Å². The first-order valence-electron chi connectivity index (χ1n) is 23.9. The Morgan fingerprint density at radius 2 is 0.750 bits per heavy atom. The number of unbranched alkanes of at least 4 members (excludes halogenated alkanes) is 24. The van der Waals surface area contributed by atoms with Crippen LogP contribution in [0.25, 0.3) is 0 Å². The molecule has 0 N–H and O–H groups in total. The first kappa shape index (κ1) is 49.5. The van der Waals surface area contributed by atoms with Crippen molar-refractivity contribution in [2.24, 2.45) is 0 Å². The zero-order chi connectivity index (χ0) is 39.8. The molecule has 0 heterocycles. The lowest BCUT2D eigenvalue weighted by atomic mass is 10.0. The number of allylic oxidation sites excluding steroid dienone is 4. The molecular formula is C53H87NO2. The molecule has 2 aromatic carbocycles. The van der Waals surface area contributed by atoms with Crippen molar-refractivity contribution >= 4 is 5.97 Å². The van der Waals surface area contributed by atoms with Gasteiger partial charge in [-0.05, 0) is 128 Å². The number of hydrogen-bond acceptors (Lipinski definition) is 3. The fraction of sp³-hybridized carbons (Fsp3) is 0.679. The highest BCUT2D eigenvalue weighted by Crippen LogP contribution is 2.18. The Balaban J connectivity index is 1.36. The molecular weight excluding hydrogens is 683 g/mol. The van der Waals surface area contributed by atoms with Crippen molar-refractivity contribution in [1.29, 1.82) is 0 Å². The predicted molar refractivity (Wildman–Crippen MR) is 246 cm³/mol. The van der Waals surface area contributed by atoms with E-state index in [0.717, 1.165) is 12.8 Å². The molecule has 0 spiro atoms. The first-order chi connectivity index (χ1) is 27.6. The van der Waals surface area contributed by atoms with Gasteiger partial charge in [0, 0.05) is 0 Å². The lowest BCUT2D eigenvalue weighted by Crippen LogP contribution is -2.27. The molecule has 0 saturated heterocycles. The summed E-state index contributed by atoms with van der Waals surface area (Å²) in [6, 6.07) is 21.8. The van der Waals surface area contributed by atoms with Gasteiger partial charge in [-0.2, -0.15) is 0 Å². The van der Waals surface area contributed by atoms with Gasteiger partial charge in [-0.3, -0.25) is 9.69 Å². The lowest BCUT2D eigenvalue weighted by Gasteiger charge is -2.19. The number of nitrogens with zero attached hydrogens (tertiary/aromatic N) is 1. The number of esters is 1. The highest BCUT2D eigenvalue weighted by atomic mass is 16.5. The molecule has 0 unspecified atom stereocenters. The van der Waals surface area contributed by atoms with Crippen LogP contribution in [0, 0.1) is 0 Å². The van der Waals surface area contributed by atoms with Crippen LogP contribution in [0.4, 0.5) is 0 Å². The number of carbonyl (C=O) groups excluding carboxylic acids is 1. The van der Waals surface area contributed by atoms with E-state index in [2.05, 4.69) is 85.0 Å². The van der Waals surface area contributed by atoms with Gasteiger partial charge in [0.25, 0.3) is 0 Å². The molecule has 0 fully saturated rings. The van der Waals surface area contributed by atoms with E-state index in [4.69, 9.17) is 4.74 Å². The molecule has 316 valence electrons. The molecule has 0 bridgehead atoms. The van der Waals surface area contributed by atoms with Gasteiger partial charge in [0.2, 0.25) is 0 Å². The SMILES string of the molecule is CN(C)CC(=O)OC(CCCCCCCC/C=C\CCCCCCCCc1ccccc1)CCCCCCCC/C=C\CCCCCCCCc1ccccc1. The number of rotatable bonds is 39. The van der Waals surface area contributed by atoms with Crippen molar-refractivity contribution in [1.82, 2.24) is 4.90 Å². The summed E-state index contributed by atoms with van der Waals surface area (Å²) in [6.45, 7) is 0.380. The van der Waals surface area contributed by atoms with E-state index in [-0.39, 0.29) is 12.1 Å². The van der Waals surface area contributed by atoms with Gasteiger partial charge in [0.15, 0.2) is 0 Å². The number of hydrogen-bond donors (Lipinski definition) is 0. The second-order valence-electron chi connectivity index (χ2n) is 17.0. The van der Waals surface area contributed by atoms with Gasteiger partial charge in [-0.25, -0.2) is 0 Å². The highest BCUT2D eigenvalue weighted by Gasteiger charge is 2.15. The Morgan fingerprint density at radius 3 is 1.09 bits per heavy atom. The van der Waals surface area contributed by atoms with Crippen molar-refractivity contribution in [3.05, 3.63) is 96.1 Å². The Bertz CT molecular complexity index is 1090. The third-order valence-corrected chi connectivity index (χ3v) is 11.2. The zero-order valence-electron chi connectivity index (χ0n) is 36.8. The van der Waals surface area contributed by atoms with Crippen LogP contribution in [-0.4, -0.2) is 37.6 Å². The third-order valence-electron chi connectivity index (χ3n) is 11.2. The van der Waals surface area contributed by atoms with Crippen LogP contribution in [-0.2, 0) is 22.4 Å². The molecule has 3 heteroatoms. The fourth-order valence-corrected chi connectivity index (χ4v) is 7.78. The van der Waals surface area contributed by atoms with E-state index in [9.17, 15) is 4.79 Å². The van der Waals surface area contributed by atoms with Gasteiger partial charge in [0.1, 0.15) is 6.10 Å². The Hall–Kier alpha value is -2.65. The normalized spacial score (nSPS) is 11.9. The minimum atomic E-state index is -0.0647. The highest BCUT2D eigenvalue weighted by molar-refractivity contribution is 5.71. The number of carbonyl (C=O) groups is 1. The Labute approximate surface area is 347 Å². The van der Waals surface area contributed by atoms with E-state index in [1.165, 1.54) is 204 Å². The number of benzene rings is 2. The molecule has 56 heavy (non-hydrogen) atoms. The van der Waals surface area contributed by atoms with Crippen molar-refractivity contribution in [3.8, 4) is 0 Å². The van der Waals surface area contributed by atoms with Crippen molar-refractivity contribution in [2.75, 3.05) is 20.6 Å². The minimum Gasteiger partial charge on any atom is -0.461 e. The van der Waals surface area contributed by atoms with Crippen LogP contribution in [0.3, 0.4) is 0 Å². The van der Waals surface area contributed by atoms with Crippen molar-refractivity contribution in [3.63, 3.8) is 0 Å². The average Bonchev–Trinajstić information content (AvgIpc) is 3.20. The van der Waals surface area contributed by atoms with E-state index in [1.807, 2.05) is 19.0 Å². The number of likely N-dealkylation sites (N-methyl/N-ethyl adjacent to an activating group) is 1. The Kier molecular flexibility index (Phi) is 33.5. The molecule has 2 aromatic rings. The number of ether oxygens (including phenoxy) is 1. The van der Waals surface area contributed by atoms with Crippen LogP contribution in [0.15, 0.2) is 85.0 Å². The smallest absolute Gasteiger partial charge is 0.320 e. The molecule has 0 atom stereocenters. The van der Waals surface area contributed by atoms with Crippen LogP contribution < -0.4 is 0 Å². The Morgan fingerprint density at radius 1 is 0.446 bits per heavy atom. The summed E-state index contributed by atoms with van der Waals surface area (Å²) in [4.78, 5) is 14.3. The molecule has 0 aliphatic heterocycles. The van der Waals surface area contributed by atoms with Crippen LogP contribution in [0.1, 0.15) is 204 Å². The molecule has 0 radical (unpaired) electrons. The molecule has 0 aliphatic rings. The second-order valence-corrected chi connectivity index (χ2v) is 17.0. The van der Waals surface area contributed by atoms with Crippen LogP contribution in [0.5, 0.6) is 0 Å². The summed E-state index contributed by atoms with van der Waals surface area (Å²) in [5.74, 6) is -0.0647. The van der Waals surface area contributed by atoms with E-state index in [1.54, 1.807) is 0 Å². The largest absolute Gasteiger partial charge is 0.461 e. The summed E-state index contributed by atoms with van der Waals surface area (Å²) in [5.41, 5.74) is 2.96. The maximum absolute atomic E-state index is 12.4. The first-order valence-corrected chi connectivity index (χ1v) is 23.9. The molecule has 2 rings (SSSR count). The summed E-state index contributed by atoms with van der Waals surface area (Å²) >= 11 is 0. The van der Waals surface area contributed by atoms with Crippen LogP contribution in [0.2, 0.25) is 0 Å². The predicted octanol–water partition coefficient (Wildman–Crippen LogP) is 15.8. The lowest BCUT2D eigenvalue weighted by molar-refractivity contribution is -0.150. The standard InChI is InChI=1S/C53H87NO2/c1-54(2)49-53(55)56-52(47-39-29-25-21-17-13-9-5-3-7-11-15-19-23-27-33-41-50-43-35-31-36-44-50)48-40-30-26-22-18-14-10-6-4-8-12-16-20-24-28-34-42-51-45-37-32-38-46-51/h3-6,31-32,35-38,43-46,52H,7-30,33-34,39-42,47-49H2,1-2H3/b5-3-,6-4-. The van der Waals surface area contributed by atoms with E-state index in [0.29, 0.717) is 6.54 Å². The monoisotopic (exact) mass is 770 g/mol. The number of aryl methyl sites for hydroxylation is 2. The molecule has 3 nitrogen and oxygen atoms in total. The summed E-state index contributed by atoms with van der Waals surface area (Å²) in [7, 11) is 3.88. The fourth-order valence-electron chi connectivity index (χ4n) is 7.78. The summed E-state index contributed by atoms with van der Waals surface area (Å²) in [6.07, 6.45) is 51.1. The topological polar surface area (TPSA) is 29.5 Å². The van der Waals surface area contributed by atoms with Crippen molar-refractivity contribution in [2.45, 2.75) is 212 Å². The van der Waals surface area contributed by atoms with E-state index < -0.39 is 0 Å². The maximum Gasteiger partial charge on any atom is 0.320 e. The van der Waals surface area contributed by atoms with Gasteiger partial charge >= 0.3 is 5.97 Å². The molecule has 0 amide bonds. The zero-order valence-corrected chi connectivity index (χ0v) is 36.8. The molecule has 0 saturated carbocycles. The van der Waals surface area contributed by atoms with Crippen molar-refractivity contribution < 1.29 is 9.53 Å². The van der Waals surface area contributed by atoms with Gasteiger partial charge in [-0.1, -0.05) is 188 Å². The third kappa shape index (κ3) is 32.4. The minimum absolute atomic E-state index is 0.0647. The van der Waals surface area contributed by atoms with Gasteiger partial charge < -0.3 is 4.74 Å².